The fraction of sp³-hybridized carbons (Fsp3) is 0.273. The van der Waals surface area contributed by atoms with Gasteiger partial charge in [0.25, 0.3) is 0 Å². The Morgan fingerprint density at radius 2 is 2.25 bits per heavy atom. The molecule has 0 unspecified atom stereocenters. The Hall–Kier alpha value is -0.240. The minimum Gasteiger partial charge on any atom is -0.302 e. The molecular weight excluding hydrogens is 335 g/mol. The highest BCUT2D eigenvalue weighted by Crippen LogP contribution is 2.28. The molecule has 0 aliphatic rings. The first-order chi connectivity index (χ1) is 7.86. The van der Waals surface area contributed by atoms with Crippen molar-refractivity contribution in [3.63, 3.8) is 0 Å². The molecular formula is C11H13IN2OS. The molecule has 16 heavy (non-hydrogen) atoms. The van der Waals surface area contributed by atoms with Gasteiger partial charge in [0.2, 0.25) is 0 Å². The molecule has 1 aromatic carbocycles. The van der Waals surface area contributed by atoms with Crippen LogP contribution in [-0.4, -0.2) is 10.6 Å². The molecule has 0 saturated carbocycles. The maximum absolute atomic E-state index is 5.16. The van der Waals surface area contributed by atoms with Crippen LogP contribution in [-0.2, 0) is 11.4 Å². The van der Waals surface area contributed by atoms with Gasteiger partial charge in [0.05, 0.1) is 12.1 Å². The van der Waals surface area contributed by atoms with E-state index < -0.39 is 0 Å². The minimum absolute atomic E-state index is 0.680. The zero-order valence-electron chi connectivity index (χ0n) is 8.94. The lowest BCUT2D eigenvalue weighted by atomic mass is 10.2. The average molecular weight is 348 g/mol. The van der Waals surface area contributed by atoms with E-state index in [1.807, 2.05) is 6.92 Å². The van der Waals surface area contributed by atoms with Crippen molar-refractivity contribution in [3.8, 4) is 0 Å². The lowest BCUT2D eigenvalue weighted by molar-refractivity contribution is 0.0465. The summed E-state index contributed by atoms with van der Waals surface area (Å²) in [4.78, 5) is 5.16. The predicted molar refractivity (Wildman–Crippen MR) is 77.4 cm³/mol. The van der Waals surface area contributed by atoms with Crippen molar-refractivity contribution in [3.05, 3.63) is 36.0 Å². The largest absolute Gasteiger partial charge is 0.302 e. The molecule has 0 amide bonds. The molecule has 3 nitrogen and oxygen atoms in total. The summed E-state index contributed by atoms with van der Waals surface area (Å²) in [6.45, 7) is 3.38. The van der Waals surface area contributed by atoms with Gasteiger partial charge < -0.3 is 4.84 Å². The van der Waals surface area contributed by atoms with Gasteiger partial charge in [-0.25, -0.2) is 0 Å². The van der Waals surface area contributed by atoms with Crippen LogP contribution < -0.4 is 5.48 Å². The molecule has 0 spiro atoms. The van der Waals surface area contributed by atoms with Crippen molar-refractivity contribution in [2.24, 2.45) is 0 Å². The van der Waals surface area contributed by atoms with Crippen molar-refractivity contribution >= 4 is 41.2 Å². The molecule has 1 N–H and O–H groups in total. The van der Waals surface area contributed by atoms with Crippen LogP contribution >= 0.6 is 30.3 Å². The lowest BCUT2D eigenvalue weighted by Gasteiger charge is -2.01. The van der Waals surface area contributed by atoms with Gasteiger partial charge in [0, 0.05) is 48.5 Å². The van der Waals surface area contributed by atoms with Crippen molar-refractivity contribution in [1.82, 2.24) is 9.45 Å². The molecule has 0 saturated heterocycles. The number of benzene rings is 1. The van der Waals surface area contributed by atoms with E-state index in [1.165, 1.54) is 16.5 Å². The number of aromatic nitrogens is 1. The molecule has 0 aliphatic heterocycles. The summed E-state index contributed by atoms with van der Waals surface area (Å²) in [5.74, 6) is 0. The van der Waals surface area contributed by atoms with Gasteiger partial charge in [-0.2, -0.15) is 5.48 Å². The molecule has 2 aromatic rings. The fourth-order valence-corrected chi connectivity index (χ4v) is 3.03. The number of nitrogens with zero attached hydrogens (tertiary/aromatic N) is 1. The van der Waals surface area contributed by atoms with Crippen LogP contribution in [0.3, 0.4) is 0 Å². The maximum atomic E-state index is 5.16. The van der Waals surface area contributed by atoms with Gasteiger partial charge >= 0.3 is 0 Å². The van der Waals surface area contributed by atoms with Crippen molar-refractivity contribution < 1.29 is 4.84 Å². The first-order valence-corrected chi connectivity index (χ1v) is 8.41. The Morgan fingerprint density at radius 1 is 1.44 bits per heavy atom. The number of rotatable bonds is 5. The van der Waals surface area contributed by atoms with Crippen molar-refractivity contribution in [2.75, 3.05) is 6.61 Å². The van der Waals surface area contributed by atoms with E-state index in [4.69, 9.17) is 4.84 Å². The third kappa shape index (κ3) is 2.53. The number of nitrogens with one attached hydrogen (secondary N) is 1. The Labute approximate surface area is 111 Å². The van der Waals surface area contributed by atoms with Gasteiger partial charge in [-0.3, -0.25) is 3.97 Å². The standard InChI is InChI=1S/C11H13IN2OS/c1-2-15-13-7-9-8-14(16-12)11-6-4-3-5-10(9)11/h3-6,8,13H,2,7H2,1H3. The van der Waals surface area contributed by atoms with Crippen LogP contribution in [0.1, 0.15) is 12.5 Å². The summed E-state index contributed by atoms with van der Waals surface area (Å²) in [6, 6.07) is 8.40. The molecule has 0 bridgehead atoms. The van der Waals surface area contributed by atoms with E-state index in [2.05, 4.69) is 61.1 Å². The predicted octanol–water partition coefficient (Wildman–Crippen LogP) is 3.53. The van der Waals surface area contributed by atoms with Crippen LogP contribution in [0.5, 0.6) is 0 Å². The van der Waals surface area contributed by atoms with Crippen LogP contribution in [0.2, 0.25) is 0 Å². The summed E-state index contributed by atoms with van der Waals surface area (Å²) < 4.78 is 2.17. The number of hydroxylamine groups is 1. The minimum atomic E-state index is 0.680. The number of para-hydroxylation sites is 1. The second-order valence-electron chi connectivity index (χ2n) is 3.32. The van der Waals surface area contributed by atoms with Crippen LogP contribution in [0, 0.1) is 0 Å². The summed E-state index contributed by atoms with van der Waals surface area (Å²) in [7, 11) is 1.68. The topological polar surface area (TPSA) is 26.2 Å². The third-order valence-corrected chi connectivity index (χ3v) is 4.07. The first kappa shape index (κ1) is 12.2. The van der Waals surface area contributed by atoms with Gasteiger partial charge in [-0.05, 0) is 18.6 Å². The maximum Gasteiger partial charge on any atom is 0.0654 e. The average Bonchev–Trinajstić information content (AvgIpc) is 2.68. The smallest absolute Gasteiger partial charge is 0.0654 e. The molecule has 0 atom stereocenters. The highest BCUT2D eigenvalue weighted by atomic mass is 127. The van der Waals surface area contributed by atoms with Crippen LogP contribution in [0.4, 0.5) is 0 Å². The second-order valence-corrected chi connectivity index (χ2v) is 5.03. The molecule has 2 rings (SSSR count). The zero-order chi connectivity index (χ0) is 11.4. The number of halogens is 1. The molecule has 1 aromatic heterocycles. The number of fused-ring (bicyclic) bond motifs is 1. The molecule has 0 radical (unpaired) electrons. The zero-order valence-corrected chi connectivity index (χ0v) is 11.9. The molecule has 1 heterocycles. The first-order valence-electron chi connectivity index (χ1n) is 5.09. The number of hydrogen-bond donors (Lipinski definition) is 1. The third-order valence-electron chi connectivity index (χ3n) is 2.34. The molecule has 0 fully saturated rings. The summed E-state index contributed by atoms with van der Waals surface area (Å²) in [5, 5.41) is 1.28. The Balaban J connectivity index is 2.30. The van der Waals surface area contributed by atoms with Gasteiger partial charge in [-0.1, -0.05) is 18.2 Å². The quantitative estimate of drug-likeness (QED) is 0.509. The van der Waals surface area contributed by atoms with Gasteiger partial charge in [0.1, 0.15) is 0 Å². The Bertz CT molecular complexity index is 472. The van der Waals surface area contributed by atoms with E-state index in [-0.39, 0.29) is 0 Å². The van der Waals surface area contributed by atoms with E-state index >= 15 is 0 Å². The SMILES string of the molecule is CCONCc1cn(SI)c2ccccc12. The van der Waals surface area contributed by atoms with Crippen molar-refractivity contribution in [1.29, 1.82) is 0 Å². The van der Waals surface area contributed by atoms with Crippen molar-refractivity contribution in [2.45, 2.75) is 13.5 Å². The summed E-state index contributed by atoms with van der Waals surface area (Å²) >= 11 is 2.29. The van der Waals surface area contributed by atoms with Gasteiger partial charge in [0.15, 0.2) is 0 Å². The molecule has 86 valence electrons. The Morgan fingerprint density at radius 3 is 3.00 bits per heavy atom. The number of hydrogen-bond acceptors (Lipinski definition) is 3. The monoisotopic (exact) mass is 348 g/mol. The normalized spacial score (nSPS) is 11.1. The van der Waals surface area contributed by atoms with Gasteiger partial charge in [-0.15, -0.1) is 0 Å². The van der Waals surface area contributed by atoms with Crippen LogP contribution in [0.15, 0.2) is 30.5 Å². The molecule has 5 heteroatoms. The van der Waals surface area contributed by atoms with E-state index in [1.54, 1.807) is 9.12 Å². The second kappa shape index (κ2) is 5.90. The Kier molecular flexibility index (Phi) is 4.51. The summed E-state index contributed by atoms with van der Waals surface area (Å²) in [5.41, 5.74) is 5.46. The lowest BCUT2D eigenvalue weighted by Crippen LogP contribution is -2.13. The summed E-state index contributed by atoms with van der Waals surface area (Å²) in [6.07, 6.45) is 2.15. The van der Waals surface area contributed by atoms with E-state index in [9.17, 15) is 0 Å². The highest BCUT2D eigenvalue weighted by Gasteiger charge is 2.07. The van der Waals surface area contributed by atoms with E-state index in [0.29, 0.717) is 6.61 Å². The fourth-order valence-electron chi connectivity index (χ4n) is 1.65. The molecule has 0 aliphatic carbocycles. The van der Waals surface area contributed by atoms with E-state index in [0.717, 1.165) is 6.54 Å². The van der Waals surface area contributed by atoms with Crippen LogP contribution in [0.25, 0.3) is 10.9 Å². The highest BCUT2D eigenvalue weighted by molar-refractivity contribution is 14.2.